The summed E-state index contributed by atoms with van der Waals surface area (Å²) in [6.45, 7) is 12.1. The number of hydrogen-bond donors (Lipinski definition) is 0. The number of ether oxygens (including phenoxy) is 1. The van der Waals surface area contributed by atoms with Crippen LogP contribution in [0.2, 0.25) is 0 Å². The lowest BCUT2D eigenvalue weighted by Gasteiger charge is -2.34. The Hall–Kier alpha value is -2.34. The first kappa shape index (κ1) is 19.4. The first-order chi connectivity index (χ1) is 12.9. The first-order valence-electron chi connectivity index (χ1n) is 9.58. The van der Waals surface area contributed by atoms with Crippen LogP contribution in [0.4, 0.5) is 0 Å². The minimum atomic E-state index is 0.0429. The Balaban J connectivity index is 1.49. The molecule has 0 spiro atoms. The standard InChI is InChI=1S/C21H29N3O3/c1-15(2)19-6-5-16(3)11-20(19)26-14-21(25)24-9-7-23(8-10-24)13-18-12-17(4)22-27-18/h5-6,11-12,15H,7-10,13-14H2,1-4H3. The number of benzene rings is 1. The van der Waals surface area contributed by atoms with Gasteiger partial charge in [-0.15, -0.1) is 0 Å². The second-order valence-corrected chi connectivity index (χ2v) is 7.58. The summed E-state index contributed by atoms with van der Waals surface area (Å²) < 4.78 is 11.2. The lowest BCUT2D eigenvalue weighted by molar-refractivity contribution is -0.135. The van der Waals surface area contributed by atoms with E-state index in [4.69, 9.17) is 9.26 Å². The van der Waals surface area contributed by atoms with Crippen LogP contribution in [0.3, 0.4) is 0 Å². The van der Waals surface area contributed by atoms with E-state index in [2.05, 4.69) is 36.0 Å². The summed E-state index contributed by atoms with van der Waals surface area (Å²) in [5.41, 5.74) is 3.17. The third-order valence-electron chi connectivity index (χ3n) is 4.92. The van der Waals surface area contributed by atoms with Gasteiger partial charge in [0.25, 0.3) is 5.91 Å². The number of hydrogen-bond acceptors (Lipinski definition) is 5. The Morgan fingerprint density at radius 2 is 1.93 bits per heavy atom. The van der Waals surface area contributed by atoms with Crippen molar-refractivity contribution in [1.29, 1.82) is 0 Å². The molecular weight excluding hydrogens is 342 g/mol. The van der Waals surface area contributed by atoms with Crippen LogP contribution >= 0.6 is 0 Å². The van der Waals surface area contributed by atoms with Crippen molar-refractivity contribution >= 4 is 5.91 Å². The molecule has 0 saturated carbocycles. The van der Waals surface area contributed by atoms with Crippen molar-refractivity contribution in [3.05, 3.63) is 46.8 Å². The van der Waals surface area contributed by atoms with Crippen molar-refractivity contribution < 1.29 is 14.1 Å². The normalized spacial score (nSPS) is 15.4. The predicted molar refractivity (Wildman–Crippen MR) is 104 cm³/mol. The lowest BCUT2D eigenvalue weighted by atomic mass is 10.0. The third-order valence-corrected chi connectivity index (χ3v) is 4.92. The highest BCUT2D eigenvalue weighted by atomic mass is 16.5. The van der Waals surface area contributed by atoms with Gasteiger partial charge in [-0.05, 0) is 37.0 Å². The molecule has 1 saturated heterocycles. The molecule has 0 aliphatic carbocycles. The summed E-state index contributed by atoms with van der Waals surface area (Å²) in [6, 6.07) is 8.14. The van der Waals surface area contributed by atoms with E-state index in [9.17, 15) is 4.79 Å². The molecule has 0 atom stereocenters. The van der Waals surface area contributed by atoms with Gasteiger partial charge in [-0.3, -0.25) is 9.69 Å². The fourth-order valence-corrected chi connectivity index (χ4v) is 3.34. The van der Waals surface area contributed by atoms with Gasteiger partial charge in [-0.25, -0.2) is 0 Å². The molecule has 1 fully saturated rings. The monoisotopic (exact) mass is 371 g/mol. The van der Waals surface area contributed by atoms with Gasteiger partial charge in [0, 0.05) is 32.2 Å². The molecule has 6 heteroatoms. The Kier molecular flexibility index (Phi) is 6.16. The third kappa shape index (κ3) is 5.10. The van der Waals surface area contributed by atoms with Gasteiger partial charge in [-0.1, -0.05) is 31.1 Å². The molecule has 2 aromatic rings. The first-order valence-corrected chi connectivity index (χ1v) is 9.58. The molecular formula is C21H29N3O3. The maximum Gasteiger partial charge on any atom is 0.260 e. The smallest absolute Gasteiger partial charge is 0.260 e. The molecule has 3 rings (SSSR count). The quantitative estimate of drug-likeness (QED) is 0.781. The molecule has 1 aliphatic heterocycles. The van der Waals surface area contributed by atoms with Gasteiger partial charge in [0.2, 0.25) is 0 Å². The summed E-state index contributed by atoms with van der Waals surface area (Å²) in [7, 11) is 0. The molecule has 1 aliphatic rings. The Labute approximate surface area is 161 Å². The molecule has 1 aromatic heterocycles. The fourth-order valence-electron chi connectivity index (χ4n) is 3.34. The minimum Gasteiger partial charge on any atom is -0.483 e. The van der Waals surface area contributed by atoms with Crippen molar-refractivity contribution in [2.24, 2.45) is 0 Å². The minimum absolute atomic E-state index is 0.0429. The fraction of sp³-hybridized carbons (Fsp3) is 0.524. The molecule has 0 bridgehead atoms. The molecule has 0 N–H and O–H groups in total. The molecule has 0 unspecified atom stereocenters. The van der Waals surface area contributed by atoms with E-state index >= 15 is 0 Å². The van der Waals surface area contributed by atoms with Crippen LogP contribution in [-0.2, 0) is 11.3 Å². The zero-order chi connectivity index (χ0) is 19.4. The topological polar surface area (TPSA) is 58.8 Å². The molecule has 0 radical (unpaired) electrons. The summed E-state index contributed by atoms with van der Waals surface area (Å²) in [6.07, 6.45) is 0. The van der Waals surface area contributed by atoms with Crippen LogP contribution in [0, 0.1) is 13.8 Å². The summed E-state index contributed by atoms with van der Waals surface area (Å²) >= 11 is 0. The number of piperazine rings is 1. The van der Waals surface area contributed by atoms with Crippen LogP contribution in [0.25, 0.3) is 0 Å². The van der Waals surface area contributed by atoms with Gasteiger partial charge in [0.15, 0.2) is 12.4 Å². The maximum absolute atomic E-state index is 12.6. The Morgan fingerprint density at radius 3 is 2.56 bits per heavy atom. The van der Waals surface area contributed by atoms with Crippen LogP contribution in [-0.4, -0.2) is 53.6 Å². The summed E-state index contributed by atoms with van der Waals surface area (Å²) in [5.74, 6) is 2.09. The van der Waals surface area contributed by atoms with E-state index < -0.39 is 0 Å². The maximum atomic E-state index is 12.6. The highest BCUT2D eigenvalue weighted by molar-refractivity contribution is 5.78. The van der Waals surface area contributed by atoms with Crippen molar-refractivity contribution in [3.63, 3.8) is 0 Å². The molecule has 2 heterocycles. The number of rotatable bonds is 6. The lowest BCUT2D eigenvalue weighted by Crippen LogP contribution is -2.49. The highest BCUT2D eigenvalue weighted by Crippen LogP contribution is 2.27. The summed E-state index contributed by atoms with van der Waals surface area (Å²) in [5, 5.41) is 3.92. The highest BCUT2D eigenvalue weighted by Gasteiger charge is 2.22. The van der Waals surface area contributed by atoms with Gasteiger partial charge < -0.3 is 14.2 Å². The molecule has 1 aromatic carbocycles. The Morgan fingerprint density at radius 1 is 1.19 bits per heavy atom. The van der Waals surface area contributed by atoms with Crippen LogP contribution in [0.5, 0.6) is 5.75 Å². The van der Waals surface area contributed by atoms with E-state index in [0.29, 0.717) is 19.0 Å². The summed E-state index contributed by atoms with van der Waals surface area (Å²) in [4.78, 5) is 16.7. The van der Waals surface area contributed by atoms with Crippen LogP contribution in [0.15, 0.2) is 28.8 Å². The van der Waals surface area contributed by atoms with Crippen molar-refractivity contribution in [1.82, 2.24) is 15.0 Å². The number of nitrogens with zero attached hydrogens (tertiary/aromatic N) is 3. The number of carbonyl (C=O) groups excluding carboxylic acids is 1. The van der Waals surface area contributed by atoms with Gasteiger partial charge in [0.1, 0.15) is 5.75 Å². The molecule has 1 amide bonds. The number of aromatic nitrogens is 1. The SMILES string of the molecule is Cc1ccc(C(C)C)c(OCC(=O)N2CCN(Cc3cc(C)no3)CC2)c1. The second kappa shape index (κ2) is 8.57. The zero-order valence-electron chi connectivity index (χ0n) is 16.7. The number of amides is 1. The van der Waals surface area contributed by atoms with Crippen molar-refractivity contribution in [2.75, 3.05) is 32.8 Å². The van der Waals surface area contributed by atoms with Crippen LogP contribution < -0.4 is 4.74 Å². The number of aryl methyl sites for hydroxylation is 2. The van der Waals surface area contributed by atoms with Gasteiger partial charge >= 0.3 is 0 Å². The average Bonchev–Trinajstić information content (AvgIpc) is 3.05. The van der Waals surface area contributed by atoms with E-state index in [1.54, 1.807) is 0 Å². The van der Waals surface area contributed by atoms with Gasteiger partial charge in [0.05, 0.1) is 12.2 Å². The van der Waals surface area contributed by atoms with Crippen molar-refractivity contribution in [3.8, 4) is 5.75 Å². The molecule has 27 heavy (non-hydrogen) atoms. The number of carbonyl (C=O) groups is 1. The van der Waals surface area contributed by atoms with E-state index in [0.717, 1.165) is 48.0 Å². The molecule has 146 valence electrons. The van der Waals surface area contributed by atoms with Crippen LogP contribution in [0.1, 0.15) is 42.3 Å². The average molecular weight is 371 g/mol. The van der Waals surface area contributed by atoms with Gasteiger partial charge in [-0.2, -0.15) is 0 Å². The van der Waals surface area contributed by atoms with E-state index in [1.165, 1.54) is 0 Å². The van der Waals surface area contributed by atoms with Crippen molar-refractivity contribution in [2.45, 2.75) is 40.2 Å². The largest absolute Gasteiger partial charge is 0.483 e. The second-order valence-electron chi connectivity index (χ2n) is 7.58. The Bertz CT molecular complexity index is 777. The molecule has 6 nitrogen and oxygen atoms in total. The zero-order valence-corrected chi connectivity index (χ0v) is 16.7. The van der Waals surface area contributed by atoms with E-state index in [1.807, 2.05) is 30.9 Å². The van der Waals surface area contributed by atoms with E-state index in [-0.39, 0.29) is 12.5 Å². The predicted octanol–water partition coefficient (Wildman–Crippen LogP) is 3.14.